The van der Waals surface area contributed by atoms with Gasteiger partial charge in [-0.15, -0.1) is 0 Å². The van der Waals surface area contributed by atoms with E-state index in [1.807, 2.05) is 0 Å². The molecule has 0 atom stereocenters. The van der Waals surface area contributed by atoms with E-state index in [9.17, 15) is 0 Å². The third-order valence-corrected chi connectivity index (χ3v) is 1.07. The van der Waals surface area contributed by atoms with Gasteiger partial charge in [-0.3, -0.25) is 5.14 Å². The van der Waals surface area contributed by atoms with Gasteiger partial charge in [0.2, 0.25) is 0 Å². The summed E-state index contributed by atoms with van der Waals surface area (Å²) in [5.41, 5.74) is 0. The molecule has 0 bridgehead atoms. The molecule has 0 aromatic carbocycles. The van der Waals surface area contributed by atoms with Gasteiger partial charge >= 0.3 is 0 Å². The molecule has 0 aromatic heterocycles. The van der Waals surface area contributed by atoms with Crippen LogP contribution in [0.1, 0.15) is 0 Å². The Balaban J connectivity index is 3.17. The molecule has 0 heterocycles. The summed E-state index contributed by atoms with van der Waals surface area (Å²) in [5, 5.41) is 7.65. The number of thiocarbonyl (C=S) groups is 1. The van der Waals surface area contributed by atoms with Crippen LogP contribution in [0.2, 0.25) is 0 Å². The van der Waals surface area contributed by atoms with Crippen LogP contribution in [0.15, 0.2) is 12.8 Å². The van der Waals surface area contributed by atoms with Crippen molar-refractivity contribution >= 4 is 28.5 Å². The molecular weight excluding hydrogens is 128 g/mol. The minimum atomic E-state index is 0.537. The minimum absolute atomic E-state index is 0.537. The van der Waals surface area contributed by atoms with E-state index >= 15 is 0 Å². The lowest BCUT2D eigenvalue weighted by Gasteiger charge is -1.92. The zero-order chi connectivity index (χ0) is 5.70. The van der Waals surface area contributed by atoms with Crippen LogP contribution in [0.4, 0.5) is 0 Å². The Morgan fingerprint density at radius 1 is 2.00 bits per heavy atom. The van der Waals surface area contributed by atoms with E-state index in [0.717, 1.165) is 11.9 Å². The van der Waals surface area contributed by atoms with Gasteiger partial charge in [0.25, 0.3) is 0 Å². The lowest BCUT2D eigenvalue weighted by molar-refractivity contribution is 1.36. The van der Waals surface area contributed by atoms with Gasteiger partial charge in [-0.05, 0) is 18.1 Å². The SMILES string of the molecule is C=CNC(=S)SN. The van der Waals surface area contributed by atoms with E-state index in [-0.39, 0.29) is 0 Å². The molecular formula is C3H6N2S2. The average Bonchev–Trinajstić information content (AvgIpc) is 1.68. The fourth-order valence-corrected chi connectivity index (χ4v) is 0.352. The molecule has 0 unspecified atom stereocenters. The Kier molecular flexibility index (Phi) is 4.07. The van der Waals surface area contributed by atoms with E-state index in [4.69, 9.17) is 5.14 Å². The van der Waals surface area contributed by atoms with E-state index in [0.29, 0.717) is 4.32 Å². The molecule has 40 valence electrons. The van der Waals surface area contributed by atoms with Crippen LogP contribution < -0.4 is 10.5 Å². The predicted octanol–water partition coefficient (Wildman–Crippen LogP) is 0.611. The summed E-state index contributed by atoms with van der Waals surface area (Å²) >= 11 is 5.61. The summed E-state index contributed by atoms with van der Waals surface area (Å²) in [6.45, 7) is 3.38. The van der Waals surface area contributed by atoms with Crippen molar-refractivity contribution in [3.8, 4) is 0 Å². The summed E-state index contributed by atoms with van der Waals surface area (Å²) < 4.78 is 0.537. The van der Waals surface area contributed by atoms with Crippen molar-refractivity contribution in [3.63, 3.8) is 0 Å². The molecule has 0 aliphatic rings. The van der Waals surface area contributed by atoms with Crippen molar-refractivity contribution in [2.45, 2.75) is 0 Å². The van der Waals surface area contributed by atoms with Gasteiger partial charge in [0, 0.05) is 0 Å². The van der Waals surface area contributed by atoms with E-state index < -0.39 is 0 Å². The fourth-order valence-electron chi connectivity index (χ4n) is 0.117. The number of hydrogen-bond donors (Lipinski definition) is 2. The first-order valence-corrected chi connectivity index (χ1v) is 2.88. The van der Waals surface area contributed by atoms with Gasteiger partial charge in [-0.25, -0.2) is 0 Å². The van der Waals surface area contributed by atoms with Crippen LogP contribution in [0, 0.1) is 0 Å². The summed E-state index contributed by atoms with van der Waals surface area (Å²) in [5.74, 6) is 0. The van der Waals surface area contributed by atoms with Crippen LogP contribution in [0.5, 0.6) is 0 Å². The first-order valence-electron chi connectivity index (χ1n) is 1.59. The molecule has 7 heavy (non-hydrogen) atoms. The molecule has 0 fully saturated rings. The van der Waals surface area contributed by atoms with Gasteiger partial charge < -0.3 is 5.32 Å². The molecule has 2 nitrogen and oxygen atoms in total. The number of rotatable bonds is 1. The average molecular weight is 134 g/mol. The zero-order valence-corrected chi connectivity index (χ0v) is 5.31. The van der Waals surface area contributed by atoms with E-state index in [1.165, 1.54) is 6.20 Å². The highest BCUT2D eigenvalue weighted by Crippen LogP contribution is 1.85. The van der Waals surface area contributed by atoms with Crippen LogP contribution in [0.25, 0.3) is 0 Å². The monoisotopic (exact) mass is 134 g/mol. The van der Waals surface area contributed by atoms with Gasteiger partial charge in [-0.1, -0.05) is 18.8 Å². The maximum absolute atomic E-state index is 5.02. The molecule has 0 aliphatic heterocycles. The largest absolute Gasteiger partial charge is 0.347 e. The Labute approximate surface area is 52.3 Å². The molecule has 0 spiro atoms. The molecule has 0 aliphatic carbocycles. The highest BCUT2D eigenvalue weighted by atomic mass is 32.2. The number of nitrogens with two attached hydrogens (primary N) is 1. The van der Waals surface area contributed by atoms with Crippen LogP contribution >= 0.6 is 24.2 Å². The Hall–Kier alpha value is -0.0600. The molecule has 0 saturated carbocycles. The Morgan fingerprint density at radius 3 is 2.71 bits per heavy atom. The standard InChI is InChI=1S/C3H6N2S2/c1-2-5-3(6)7-4/h2H,1,4H2,(H,5,6). The van der Waals surface area contributed by atoms with Crippen molar-refractivity contribution < 1.29 is 0 Å². The van der Waals surface area contributed by atoms with Gasteiger partial charge in [0.15, 0.2) is 4.32 Å². The van der Waals surface area contributed by atoms with Crippen LogP contribution in [0.3, 0.4) is 0 Å². The third kappa shape index (κ3) is 3.78. The smallest absolute Gasteiger partial charge is 0.152 e. The zero-order valence-electron chi connectivity index (χ0n) is 3.68. The Bertz CT molecular complexity index is 81.0. The van der Waals surface area contributed by atoms with Crippen molar-refractivity contribution in [3.05, 3.63) is 12.8 Å². The van der Waals surface area contributed by atoms with Crippen molar-refractivity contribution in [1.82, 2.24) is 5.32 Å². The minimum Gasteiger partial charge on any atom is -0.347 e. The summed E-state index contributed by atoms with van der Waals surface area (Å²) in [7, 11) is 0. The van der Waals surface area contributed by atoms with Crippen molar-refractivity contribution in [2.75, 3.05) is 0 Å². The maximum Gasteiger partial charge on any atom is 0.152 e. The first-order chi connectivity index (χ1) is 3.31. The molecule has 0 rings (SSSR count). The molecule has 0 aromatic rings. The van der Waals surface area contributed by atoms with Gasteiger partial charge in [-0.2, -0.15) is 0 Å². The summed E-state index contributed by atoms with van der Waals surface area (Å²) in [6.07, 6.45) is 1.49. The number of nitrogens with one attached hydrogen (secondary N) is 1. The quantitative estimate of drug-likeness (QED) is 0.407. The summed E-state index contributed by atoms with van der Waals surface area (Å²) in [6, 6.07) is 0. The lowest BCUT2D eigenvalue weighted by atomic mass is 11.0. The third-order valence-electron chi connectivity index (χ3n) is 0.327. The maximum atomic E-state index is 5.02. The van der Waals surface area contributed by atoms with Crippen molar-refractivity contribution in [2.24, 2.45) is 5.14 Å². The second kappa shape index (κ2) is 4.11. The second-order valence-corrected chi connectivity index (χ2v) is 2.06. The first kappa shape index (κ1) is 6.94. The van der Waals surface area contributed by atoms with Crippen LogP contribution in [-0.4, -0.2) is 4.32 Å². The fraction of sp³-hybridized carbons (Fsp3) is 0. The summed E-state index contributed by atoms with van der Waals surface area (Å²) in [4.78, 5) is 0. The van der Waals surface area contributed by atoms with E-state index in [2.05, 4.69) is 24.1 Å². The number of hydrogen-bond acceptors (Lipinski definition) is 3. The molecule has 0 amide bonds. The topological polar surface area (TPSA) is 38.0 Å². The molecule has 0 saturated heterocycles. The highest BCUT2D eigenvalue weighted by Gasteiger charge is 1.82. The van der Waals surface area contributed by atoms with Gasteiger partial charge in [0.1, 0.15) is 0 Å². The second-order valence-electron chi connectivity index (χ2n) is 0.754. The normalized spacial score (nSPS) is 7.57. The van der Waals surface area contributed by atoms with Crippen molar-refractivity contribution in [1.29, 1.82) is 0 Å². The van der Waals surface area contributed by atoms with Crippen LogP contribution in [-0.2, 0) is 0 Å². The Morgan fingerprint density at radius 2 is 2.57 bits per heavy atom. The highest BCUT2D eigenvalue weighted by molar-refractivity contribution is 8.21. The molecule has 4 heteroatoms. The molecule has 0 radical (unpaired) electrons. The van der Waals surface area contributed by atoms with Gasteiger partial charge in [0.05, 0.1) is 0 Å². The molecule has 3 N–H and O–H groups in total. The predicted molar refractivity (Wildman–Crippen MR) is 37.7 cm³/mol. The lowest BCUT2D eigenvalue weighted by Crippen LogP contribution is -2.11. The van der Waals surface area contributed by atoms with E-state index in [1.54, 1.807) is 0 Å².